The van der Waals surface area contributed by atoms with Gasteiger partial charge in [-0.1, -0.05) is 26.8 Å². The third-order valence-electron chi connectivity index (χ3n) is 2.90. The second-order valence-electron chi connectivity index (χ2n) is 6.05. The van der Waals surface area contributed by atoms with E-state index in [1.807, 2.05) is 19.2 Å². The van der Waals surface area contributed by atoms with E-state index in [2.05, 4.69) is 25.7 Å². The molecule has 5 nitrogen and oxygen atoms in total. The zero-order chi connectivity index (χ0) is 15.3. The molecule has 0 aromatic heterocycles. The lowest BCUT2D eigenvalue weighted by molar-refractivity contribution is -0.759. The van der Waals surface area contributed by atoms with E-state index in [-0.39, 0.29) is 5.41 Å². The summed E-state index contributed by atoms with van der Waals surface area (Å²) in [5.41, 5.74) is 1.40. The Hall–Kier alpha value is -1.78. The third kappa shape index (κ3) is 4.40. The van der Waals surface area contributed by atoms with Crippen LogP contribution in [0.25, 0.3) is 0 Å². The molecule has 20 heavy (non-hydrogen) atoms. The summed E-state index contributed by atoms with van der Waals surface area (Å²) in [7, 11) is 4.93. The summed E-state index contributed by atoms with van der Waals surface area (Å²) in [6.45, 7) is 7.30. The molecule has 0 N–H and O–H groups in total. The minimum atomic E-state index is 0.127. The molecule has 112 valence electrons. The Morgan fingerprint density at radius 1 is 1.35 bits per heavy atom. The summed E-state index contributed by atoms with van der Waals surface area (Å²) in [5, 5.41) is 0. The van der Waals surface area contributed by atoms with Gasteiger partial charge in [0.05, 0.1) is 18.1 Å². The quantitative estimate of drug-likeness (QED) is 0.726. The number of hydrogen-bond acceptors (Lipinski definition) is 4. The van der Waals surface area contributed by atoms with Crippen molar-refractivity contribution in [2.24, 2.45) is 5.41 Å². The summed E-state index contributed by atoms with van der Waals surface area (Å²) < 4.78 is 5.26. The van der Waals surface area contributed by atoms with Crippen LogP contribution in [0.1, 0.15) is 27.2 Å². The summed E-state index contributed by atoms with van der Waals surface area (Å²) in [6, 6.07) is 0. The second-order valence-corrected chi connectivity index (χ2v) is 6.05. The summed E-state index contributed by atoms with van der Waals surface area (Å²) in [4.78, 5) is 19.3. The van der Waals surface area contributed by atoms with Crippen LogP contribution >= 0.6 is 0 Å². The van der Waals surface area contributed by atoms with E-state index >= 15 is 0 Å². The fraction of sp³-hybridized carbons (Fsp3) is 0.600. The fourth-order valence-electron chi connectivity index (χ4n) is 2.16. The van der Waals surface area contributed by atoms with Crippen molar-refractivity contribution in [2.45, 2.75) is 27.2 Å². The number of ether oxygens (including phenoxy) is 1. The molecule has 1 aliphatic carbocycles. The van der Waals surface area contributed by atoms with Crippen molar-refractivity contribution in [3.8, 4) is 0 Å². The Labute approximate surface area is 121 Å². The van der Waals surface area contributed by atoms with Gasteiger partial charge in [0.1, 0.15) is 11.5 Å². The van der Waals surface area contributed by atoms with Gasteiger partial charge >= 0.3 is 5.70 Å². The maximum Gasteiger partial charge on any atom is 0.343 e. The molecule has 0 atom stereocenters. The minimum Gasteiger partial charge on any atom is -0.501 e. The first kappa shape index (κ1) is 16.3. The van der Waals surface area contributed by atoms with Crippen molar-refractivity contribution in [1.82, 2.24) is 4.90 Å². The zero-order valence-corrected chi connectivity index (χ0v) is 13.3. The SMILES string of the molecule is COC1=CC([N+](=O)OC)=C(N(C)CC(C)(C)C)C=CC1. The van der Waals surface area contributed by atoms with E-state index in [1.165, 1.54) is 7.11 Å². The molecule has 0 aliphatic heterocycles. The van der Waals surface area contributed by atoms with Crippen LogP contribution in [0.2, 0.25) is 0 Å². The Morgan fingerprint density at radius 3 is 2.50 bits per heavy atom. The van der Waals surface area contributed by atoms with Crippen molar-refractivity contribution < 1.29 is 14.5 Å². The Bertz CT molecular complexity index is 456. The van der Waals surface area contributed by atoms with Crippen molar-refractivity contribution in [1.29, 1.82) is 0 Å². The van der Waals surface area contributed by atoms with Gasteiger partial charge in [0.2, 0.25) is 0 Å². The number of likely N-dealkylation sites (N-methyl/N-ethyl adjacent to an activating group) is 1. The Kier molecular flexibility index (Phi) is 5.36. The first-order valence-electron chi connectivity index (χ1n) is 6.66. The highest BCUT2D eigenvalue weighted by atomic mass is 16.8. The molecule has 5 heteroatoms. The van der Waals surface area contributed by atoms with E-state index in [9.17, 15) is 4.91 Å². The van der Waals surface area contributed by atoms with Crippen molar-refractivity contribution in [3.63, 3.8) is 0 Å². The van der Waals surface area contributed by atoms with Gasteiger partial charge in [-0.3, -0.25) is 0 Å². The average molecular weight is 281 g/mol. The topological polar surface area (TPSA) is 41.8 Å². The van der Waals surface area contributed by atoms with Gasteiger partial charge in [-0.15, -0.1) is 0 Å². The lowest BCUT2D eigenvalue weighted by Crippen LogP contribution is -2.30. The highest BCUT2D eigenvalue weighted by Crippen LogP contribution is 2.24. The minimum absolute atomic E-state index is 0.127. The number of nitrogens with zero attached hydrogens (tertiary/aromatic N) is 2. The molecule has 0 bridgehead atoms. The van der Waals surface area contributed by atoms with E-state index in [1.54, 1.807) is 13.2 Å². The molecule has 0 radical (unpaired) electrons. The van der Waals surface area contributed by atoms with Crippen LogP contribution in [0.4, 0.5) is 0 Å². The van der Waals surface area contributed by atoms with Crippen molar-refractivity contribution in [2.75, 3.05) is 27.8 Å². The fourth-order valence-corrected chi connectivity index (χ4v) is 2.16. The van der Waals surface area contributed by atoms with Gasteiger partial charge in [-0.05, 0) is 11.5 Å². The molecular formula is C15H25N2O3+. The van der Waals surface area contributed by atoms with Crippen LogP contribution in [-0.2, 0) is 9.57 Å². The molecule has 0 aromatic carbocycles. The van der Waals surface area contributed by atoms with E-state index in [0.29, 0.717) is 17.0 Å². The van der Waals surface area contributed by atoms with E-state index in [4.69, 9.17) is 9.57 Å². The van der Waals surface area contributed by atoms with Crippen molar-refractivity contribution >= 4 is 0 Å². The van der Waals surface area contributed by atoms with Crippen LogP contribution < -0.4 is 0 Å². The first-order valence-corrected chi connectivity index (χ1v) is 6.66. The number of allylic oxidation sites excluding steroid dienone is 3. The number of rotatable bonds is 5. The normalized spacial score (nSPS) is 15.6. The molecule has 1 aliphatic rings. The third-order valence-corrected chi connectivity index (χ3v) is 2.90. The molecule has 0 aromatic rings. The molecule has 1 rings (SSSR count). The number of methoxy groups -OCH3 is 1. The lowest BCUT2D eigenvalue weighted by atomic mass is 9.96. The molecular weight excluding hydrogens is 256 g/mol. The highest BCUT2D eigenvalue weighted by Gasteiger charge is 2.28. The van der Waals surface area contributed by atoms with Crippen LogP contribution in [-0.4, -0.2) is 37.6 Å². The van der Waals surface area contributed by atoms with Crippen LogP contribution in [0.5, 0.6) is 0 Å². The number of hydrogen-bond donors (Lipinski definition) is 0. The maximum atomic E-state index is 11.9. The van der Waals surface area contributed by atoms with E-state index in [0.717, 1.165) is 18.0 Å². The standard InChI is InChI=1S/C15H25N2O3/c1-15(2,3)11-16(4)13-9-7-8-12(19-5)10-14(13)17(18)20-6/h7,9-10H,8,11H2,1-6H3/q+1. The van der Waals surface area contributed by atoms with Crippen LogP contribution in [0.3, 0.4) is 0 Å². The summed E-state index contributed by atoms with van der Waals surface area (Å²) >= 11 is 0. The van der Waals surface area contributed by atoms with Crippen LogP contribution in [0, 0.1) is 10.3 Å². The summed E-state index contributed by atoms with van der Waals surface area (Å²) in [6.07, 6.45) is 6.31. The predicted octanol–water partition coefficient (Wildman–Crippen LogP) is 3.01. The van der Waals surface area contributed by atoms with E-state index < -0.39 is 0 Å². The molecule has 0 heterocycles. The van der Waals surface area contributed by atoms with Gasteiger partial charge in [0, 0.05) is 20.0 Å². The maximum absolute atomic E-state index is 11.9. The molecule has 0 fully saturated rings. The molecule has 0 saturated carbocycles. The zero-order valence-electron chi connectivity index (χ0n) is 13.3. The van der Waals surface area contributed by atoms with Gasteiger partial charge in [-0.25, -0.2) is 4.84 Å². The lowest BCUT2D eigenvalue weighted by Gasteiger charge is -2.28. The van der Waals surface area contributed by atoms with Gasteiger partial charge < -0.3 is 9.64 Å². The van der Waals surface area contributed by atoms with Crippen LogP contribution in [0.15, 0.2) is 35.4 Å². The first-order chi connectivity index (χ1) is 9.28. The largest absolute Gasteiger partial charge is 0.501 e. The average Bonchev–Trinajstić information content (AvgIpc) is 2.57. The van der Waals surface area contributed by atoms with Crippen molar-refractivity contribution in [3.05, 3.63) is 40.3 Å². The Balaban J connectivity index is 3.22. The highest BCUT2D eigenvalue weighted by molar-refractivity contribution is 5.32. The Morgan fingerprint density at radius 2 is 2.00 bits per heavy atom. The predicted molar refractivity (Wildman–Crippen MR) is 78.6 cm³/mol. The van der Waals surface area contributed by atoms with Gasteiger partial charge in [0.25, 0.3) is 4.92 Å². The molecule has 0 unspecified atom stereocenters. The van der Waals surface area contributed by atoms with Gasteiger partial charge in [0.15, 0.2) is 7.11 Å². The molecule has 0 amide bonds. The monoisotopic (exact) mass is 281 g/mol. The van der Waals surface area contributed by atoms with Gasteiger partial charge in [-0.2, -0.15) is 0 Å². The summed E-state index contributed by atoms with van der Waals surface area (Å²) in [5.74, 6) is 0.730. The smallest absolute Gasteiger partial charge is 0.343 e. The molecule has 0 saturated heterocycles. The molecule has 0 spiro atoms. The second kappa shape index (κ2) is 6.59.